The second-order valence-electron chi connectivity index (χ2n) is 2.74. The molecule has 78 valence electrons. The second-order valence-corrected chi connectivity index (χ2v) is 4.13. The highest BCUT2D eigenvalue weighted by Crippen LogP contribution is 2.29. The van der Waals surface area contributed by atoms with E-state index >= 15 is 0 Å². The maximum atomic E-state index is 10.9. The quantitative estimate of drug-likeness (QED) is 0.722. The standard InChI is InChI=1S/C8H10O5S/c1-5-7(9)3-6(13-2)4-8(5)14(10,11)12/h3-4,9H,1-2H3,(H,10,11,12). The number of phenolic OH excluding ortho intramolecular Hbond substituents is 1. The van der Waals surface area contributed by atoms with Crippen molar-refractivity contribution in [3.8, 4) is 11.5 Å². The molecule has 0 saturated carbocycles. The van der Waals surface area contributed by atoms with Gasteiger partial charge in [0.15, 0.2) is 0 Å². The molecule has 0 heterocycles. The van der Waals surface area contributed by atoms with E-state index in [4.69, 9.17) is 9.29 Å². The normalized spacial score (nSPS) is 11.4. The Kier molecular flexibility index (Phi) is 2.68. The third-order valence-electron chi connectivity index (χ3n) is 1.82. The third kappa shape index (κ3) is 1.97. The first-order chi connectivity index (χ1) is 6.36. The van der Waals surface area contributed by atoms with Gasteiger partial charge in [-0.25, -0.2) is 0 Å². The molecule has 0 radical (unpaired) electrons. The van der Waals surface area contributed by atoms with Gasteiger partial charge in [0.05, 0.1) is 7.11 Å². The van der Waals surface area contributed by atoms with Crippen LogP contribution < -0.4 is 4.74 Å². The monoisotopic (exact) mass is 218 g/mol. The van der Waals surface area contributed by atoms with Gasteiger partial charge >= 0.3 is 0 Å². The summed E-state index contributed by atoms with van der Waals surface area (Å²) < 4.78 is 35.3. The average molecular weight is 218 g/mol. The van der Waals surface area contributed by atoms with Crippen LogP contribution in [-0.4, -0.2) is 25.2 Å². The Balaban J connectivity index is 3.51. The van der Waals surface area contributed by atoms with Crippen LogP contribution in [0, 0.1) is 6.92 Å². The maximum Gasteiger partial charge on any atom is 0.295 e. The molecule has 1 aromatic rings. The number of rotatable bonds is 2. The van der Waals surface area contributed by atoms with Crippen molar-refractivity contribution < 1.29 is 22.8 Å². The van der Waals surface area contributed by atoms with Crippen molar-refractivity contribution in [3.05, 3.63) is 17.7 Å². The molecule has 6 heteroatoms. The molecular formula is C8H10O5S. The first kappa shape index (κ1) is 10.8. The zero-order valence-corrected chi connectivity index (χ0v) is 8.50. The first-order valence-electron chi connectivity index (χ1n) is 3.71. The lowest BCUT2D eigenvalue weighted by Gasteiger charge is -2.07. The van der Waals surface area contributed by atoms with Crippen LogP contribution in [0.2, 0.25) is 0 Å². The van der Waals surface area contributed by atoms with Crippen molar-refractivity contribution in [2.45, 2.75) is 11.8 Å². The molecule has 1 rings (SSSR count). The van der Waals surface area contributed by atoms with Gasteiger partial charge in [-0.15, -0.1) is 0 Å². The Bertz CT molecular complexity index is 449. The Morgan fingerprint density at radius 1 is 1.36 bits per heavy atom. The molecule has 5 nitrogen and oxygen atoms in total. The molecular weight excluding hydrogens is 208 g/mol. The van der Waals surface area contributed by atoms with Crippen LogP contribution in [0.15, 0.2) is 17.0 Å². The summed E-state index contributed by atoms with van der Waals surface area (Å²) in [4.78, 5) is -0.352. The molecule has 0 saturated heterocycles. The predicted octanol–water partition coefficient (Wildman–Crippen LogP) is 0.956. The molecule has 0 fully saturated rings. The SMILES string of the molecule is COc1cc(O)c(C)c(S(=O)(=O)O)c1. The molecule has 14 heavy (non-hydrogen) atoms. The van der Waals surface area contributed by atoms with Gasteiger partial charge < -0.3 is 9.84 Å². The van der Waals surface area contributed by atoms with Crippen molar-refractivity contribution in [2.24, 2.45) is 0 Å². The molecule has 0 aromatic heterocycles. The zero-order valence-electron chi connectivity index (χ0n) is 7.68. The summed E-state index contributed by atoms with van der Waals surface area (Å²) in [7, 11) is -3.00. The van der Waals surface area contributed by atoms with E-state index in [1.807, 2.05) is 0 Å². The summed E-state index contributed by atoms with van der Waals surface area (Å²) >= 11 is 0. The molecule has 1 aromatic carbocycles. The minimum absolute atomic E-state index is 0.0910. The van der Waals surface area contributed by atoms with Gasteiger partial charge in [-0.2, -0.15) is 8.42 Å². The van der Waals surface area contributed by atoms with Crippen molar-refractivity contribution in [3.63, 3.8) is 0 Å². The average Bonchev–Trinajstić information content (AvgIpc) is 2.07. The van der Waals surface area contributed by atoms with Crippen molar-refractivity contribution in [2.75, 3.05) is 7.11 Å². The predicted molar refractivity (Wildman–Crippen MR) is 49.2 cm³/mol. The summed E-state index contributed by atoms with van der Waals surface area (Å²) in [5.74, 6) is -0.0716. The van der Waals surface area contributed by atoms with E-state index in [9.17, 15) is 13.5 Å². The maximum absolute atomic E-state index is 10.9. The van der Waals surface area contributed by atoms with Crippen LogP contribution in [0.4, 0.5) is 0 Å². The third-order valence-corrected chi connectivity index (χ3v) is 2.80. The van der Waals surface area contributed by atoms with Crippen LogP contribution in [0.25, 0.3) is 0 Å². The van der Waals surface area contributed by atoms with E-state index in [0.29, 0.717) is 0 Å². The molecule has 2 N–H and O–H groups in total. The number of benzene rings is 1. The van der Waals surface area contributed by atoms with E-state index in [0.717, 1.165) is 6.07 Å². The minimum atomic E-state index is -4.33. The summed E-state index contributed by atoms with van der Waals surface area (Å²) in [5, 5.41) is 9.32. The number of phenols is 1. The Labute approximate surface area is 81.7 Å². The van der Waals surface area contributed by atoms with Gasteiger partial charge in [-0.3, -0.25) is 4.55 Å². The largest absolute Gasteiger partial charge is 0.507 e. The van der Waals surface area contributed by atoms with Crippen LogP contribution in [0.3, 0.4) is 0 Å². The lowest BCUT2D eigenvalue weighted by Crippen LogP contribution is -2.01. The van der Waals surface area contributed by atoms with Gasteiger partial charge in [0.25, 0.3) is 10.1 Å². The molecule has 0 amide bonds. The number of hydrogen-bond donors (Lipinski definition) is 2. The van der Waals surface area contributed by atoms with E-state index in [1.165, 1.54) is 20.1 Å². The Morgan fingerprint density at radius 2 is 1.93 bits per heavy atom. The van der Waals surface area contributed by atoms with Crippen LogP contribution >= 0.6 is 0 Å². The fraction of sp³-hybridized carbons (Fsp3) is 0.250. The highest BCUT2D eigenvalue weighted by molar-refractivity contribution is 7.85. The highest BCUT2D eigenvalue weighted by Gasteiger charge is 2.17. The topological polar surface area (TPSA) is 83.8 Å². The Morgan fingerprint density at radius 3 is 2.36 bits per heavy atom. The van der Waals surface area contributed by atoms with E-state index < -0.39 is 10.1 Å². The van der Waals surface area contributed by atoms with Crippen molar-refractivity contribution in [1.82, 2.24) is 0 Å². The summed E-state index contributed by atoms with van der Waals surface area (Å²) in [5.41, 5.74) is 0.0910. The molecule has 0 aliphatic rings. The van der Waals surface area contributed by atoms with E-state index in [1.54, 1.807) is 0 Å². The lowest BCUT2D eigenvalue weighted by atomic mass is 10.2. The van der Waals surface area contributed by atoms with Crippen molar-refractivity contribution in [1.29, 1.82) is 0 Å². The number of ether oxygens (including phenoxy) is 1. The van der Waals surface area contributed by atoms with Gasteiger partial charge in [0.1, 0.15) is 16.4 Å². The fourth-order valence-electron chi connectivity index (χ4n) is 1.03. The van der Waals surface area contributed by atoms with Gasteiger partial charge in [-0.05, 0) is 6.92 Å². The fourth-order valence-corrected chi connectivity index (χ4v) is 1.79. The first-order valence-corrected chi connectivity index (χ1v) is 5.15. The smallest absolute Gasteiger partial charge is 0.295 e. The summed E-state index contributed by atoms with van der Waals surface area (Å²) in [6, 6.07) is 2.41. The minimum Gasteiger partial charge on any atom is -0.507 e. The van der Waals surface area contributed by atoms with Gasteiger partial charge in [0.2, 0.25) is 0 Å². The van der Waals surface area contributed by atoms with Gasteiger partial charge in [-0.1, -0.05) is 0 Å². The molecule has 0 bridgehead atoms. The van der Waals surface area contributed by atoms with Gasteiger partial charge in [0, 0.05) is 17.7 Å². The van der Waals surface area contributed by atoms with E-state index in [2.05, 4.69) is 0 Å². The number of hydrogen-bond acceptors (Lipinski definition) is 4. The lowest BCUT2D eigenvalue weighted by molar-refractivity contribution is 0.403. The van der Waals surface area contributed by atoms with Crippen LogP contribution in [0.5, 0.6) is 11.5 Å². The van der Waals surface area contributed by atoms with E-state index in [-0.39, 0.29) is 22.0 Å². The molecule has 0 spiro atoms. The zero-order chi connectivity index (χ0) is 10.9. The summed E-state index contributed by atoms with van der Waals surface area (Å²) in [6.07, 6.45) is 0. The summed E-state index contributed by atoms with van der Waals surface area (Å²) in [6.45, 7) is 1.39. The Hall–Kier alpha value is -1.27. The van der Waals surface area contributed by atoms with Crippen LogP contribution in [-0.2, 0) is 10.1 Å². The van der Waals surface area contributed by atoms with Crippen molar-refractivity contribution >= 4 is 10.1 Å². The molecule has 0 aliphatic carbocycles. The highest BCUT2D eigenvalue weighted by atomic mass is 32.2. The molecule has 0 aliphatic heterocycles. The molecule has 0 atom stereocenters. The number of methoxy groups -OCH3 is 1. The molecule has 0 unspecified atom stereocenters. The van der Waals surface area contributed by atoms with Crippen LogP contribution in [0.1, 0.15) is 5.56 Å². The second kappa shape index (κ2) is 3.47. The number of aromatic hydroxyl groups is 1.